The Balaban J connectivity index is 2.66. The van der Waals surface area contributed by atoms with Crippen LogP contribution in [0.15, 0.2) is 18.2 Å². The third kappa shape index (κ3) is 5.69. The highest BCUT2D eigenvalue weighted by Crippen LogP contribution is 2.23. The Kier molecular flexibility index (Phi) is 5.53. The fourth-order valence-corrected chi connectivity index (χ4v) is 1.94. The molecule has 1 aromatic carbocycles. The smallest absolute Gasteiger partial charge is 0.339 e. The summed E-state index contributed by atoms with van der Waals surface area (Å²) in [5.41, 5.74) is 0.300. The first-order chi connectivity index (χ1) is 9.73. The normalized spacial score (nSPS) is 10.8. The van der Waals surface area contributed by atoms with Crippen LogP contribution in [0.3, 0.4) is 0 Å². The van der Waals surface area contributed by atoms with Crippen LogP contribution in [0.5, 0.6) is 5.75 Å². The van der Waals surface area contributed by atoms with E-state index in [1.54, 1.807) is 0 Å². The molecule has 0 aliphatic heterocycles. The lowest BCUT2D eigenvalue weighted by atomic mass is 10.2. The topological polar surface area (TPSA) is 122 Å². The van der Waals surface area contributed by atoms with Gasteiger partial charge in [-0.2, -0.15) is 0 Å². The molecule has 3 N–H and O–H groups in total. The Morgan fingerprint density at radius 2 is 2.00 bits per heavy atom. The molecule has 1 rings (SSSR count). The second kappa shape index (κ2) is 6.93. The van der Waals surface area contributed by atoms with Gasteiger partial charge in [0.2, 0.25) is 0 Å². The van der Waals surface area contributed by atoms with Gasteiger partial charge in [-0.1, -0.05) is 0 Å². The molecule has 0 saturated carbocycles. The molecule has 0 radical (unpaired) electrons. The summed E-state index contributed by atoms with van der Waals surface area (Å²) in [5, 5.41) is 13.8. The van der Waals surface area contributed by atoms with Crippen LogP contribution < -0.4 is 15.4 Å². The minimum Gasteiger partial charge on any atom is -0.496 e. The molecule has 0 fully saturated rings. The maximum absolute atomic E-state index is 11.5. The summed E-state index contributed by atoms with van der Waals surface area (Å²) >= 11 is 0. The number of methoxy groups -OCH3 is 1. The van der Waals surface area contributed by atoms with Crippen molar-refractivity contribution in [1.82, 2.24) is 5.32 Å². The molecule has 9 heteroatoms. The summed E-state index contributed by atoms with van der Waals surface area (Å²) in [6.07, 6.45) is 1.07. The molecule has 8 nitrogen and oxygen atoms in total. The molecule has 0 saturated heterocycles. The average Bonchev–Trinajstić information content (AvgIpc) is 2.36. The van der Waals surface area contributed by atoms with E-state index in [1.807, 2.05) is 0 Å². The number of hydrogen-bond acceptors (Lipinski definition) is 5. The Bertz CT molecular complexity index is 641. The van der Waals surface area contributed by atoms with E-state index in [0.29, 0.717) is 5.69 Å². The number of rotatable bonds is 6. The van der Waals surface area contributed by atoms with Gasteiger partial charge in [-0.15, -0.1) is 0 Å². The van der Waals surface area contributed by atoms with E-state index in [1.165, 1.54) is 25.3 Å². The van der Waals surface area contributed by atoms with Crippen molar-refractivity contribution in [3.63, 3.8) is 0 Å². The first-order valence-electron chi connectivity index (χ1n) is 5.87. The number of carboxylic acids is 1. The molecule has 2 amide bonds. The lowest BCUT2D eigenvalue weighted by Crippen LogP contribution is -2.32. The number of carboxylic acid groups (broad SMARTS) is 1. The van der Waals surface area contributed by atoms with Gasteiger partial charge in [-0.05, 0) is 12.1 Å². The van der Waals surface area contributed by atoms with Crippen molar-refractivity contribution in [3.8, 4) is 5.75 Å². The van der Waals surface area contributed by atoms with Crippen molar-refractivity contribution in [2.24, 2.45) is 0 Å². The summed E-state index contributed by atoms with van der Waals surface area (Å²) in [4.78, 5) is 22.5. The molecule has 0 atom stereocenters. The number of amides is 2. The summed E-state index contributed by atoms with van der Waals surface area (Å²) in [6.45, 7) is -0.0188. The quantitative estimate of drug-likeness (QED) is 0.705. The first-order valence-corrected chi connectivity index (χ1v) is 7.93. The summed E-state index contributed by atoms with van der Waals surface area (Å²) in [6, 6.07) is 3.47. The predicted octanol–water partition coefficient (Wildman–Crippen LogP) is 0.560. The second-order valence-electron chi connectivity index (χ2n) is 4.23. The van der Waals surface area contributed by atoms with Crippen molar-refractivity contribution >= 4 is 27.5 Å². The zero-order valence-corrected chi connectivity index (χ0v) is 12.4. The maximum atomic E-state index is 11.5. The van der Waals surface area contributed by atoms with Crippen LogP contribution in [0, 0.1) is 0 Å². The number of carbonyl (C=O) groups is 2. The highest BCUT2D eigenvalue weighted by molar-refractivity contribution is 7.90. The molecule has 0 spiro atoms. The van der Waals surface area contributed by atoms with Gasteiger partial charge in [0.15, 0.2) is 0 Å². The number of hydrogen-bond donors (Lipinski definition) is 3. The summed E-state index contributed by atoms with van der Waals surface area (Å²) in [5.74, 6) is -1.20. The number of sulfone groups is 1. The van der Waals surface area contributed by atoms with Gasteiger partial charge in [0, 0.05) is 24.6 Å². The van der Waals surface area contributed by atoms with Crippen LogP contribution >= 0.6 is 0 Å². The zero-order valence-electron chi connectivity index (χ0n) is 11.5. The van der Waals surface area contributed by atoms with E-state index in [9.17, 15) is 18.0 Å². The van der Waals surface area contributed by atoms with Crippen LogP contribution in [0.2, 0.25) is 0 Å². The van der Waals surface area contributed by atoms with Gasteiger partial charge in [-0.25, -0.2) is 18.0 Å². The molecule has 0 aliphatic rings. The van der Waals surface area contributed by atoms with Crippen molar-refractivity contribution in [2.45, 2.75) is 0 Å². The van der Waals surface area contributed by atoms with Gasteiger partial charge in [0.1, 0.15) is 21.2 Å². The highest BCUT2D eigenvalue weighted by atomic mass is 32.2. The fourth-order valence-electron chi connectivity index (χ4n) is 1.47. The first kappa shape index (κ1) is 16.8. The van der Waals surface area contributed by atoms with Crippen molar-refractivity contribution < 1.29 is 27.9 Å². The minimum absolute atomic E-state index is 0.0188. The van der Waals surface area contributed by atoms with Gasteiger partial charge in [-0.3, -0.25) is 0 Å². The molecular formula is C12H16N2O6S. The van der Waals surface area contributed by atoms with Crippen molar-refractivity contribution in [2.75, 3.05) is 31.0 Å². The molecule has 21 heavy (non-hydrogen) atoms. The predicted molar refractivity (Wildman–Crippen MR) is 76.7 cm³/mol. The largest absolute Gasteiger partial charge is 0.496 e. The van der Waals surface area contributed by atoms with E-state index in [0.717, 1.165) is 6.26 Å². The van der Waals surface area contributed by atoms with Gasteiger partial charge < -0.3 is 20.5 Å². The van der Waals surface area contributed by atoms with E-state index in [4.69, 9.17) is 9.84 Å². The summed E-state index contributed by atoms with van der Waals surface area (Å²) < 4.78 is 26.7. The molecule has 116 valence electrons. The molecule has 0 aliphatic carbocycles. The van der Waals surface area contributed by atoms with Gasteiger partial charge in [0.25, 0.3) is 0 Å². The van der Waals surface area contributed by atoms with Crippen LogP contribution in [0.25, 0.3) is 0 Å². The van der Waals surface area contributed by atoms with E-state index >= 15 is 0 Å². The van der Waals surface area contributed by atoms with Crippen LogP contribution in [0.1, 0.15) is 10.4 Å². The maximum Gasteiger partial charge on any atom is 0.339 e. The number of anilines is 1. The molecule has 0 unspecified atom stereocenters. The number of benzene rings is 1. The van der Waals surface area contributed by atoms with Crippen molar-refractivity contribution in [1.29, 1.82) is 0 Å². The molecular weight excluding hydrogens is 300 g/mol. The third-order valence-electron chi connectivity index (χ3n) is 2.45. The van der Waals surface area contributed by atoms with Gasteiger partial charge >= 0.3 is 12.0 Å². The lowest BCUT2D eigenvalue weighted by molar-refractivity contribution is 0.0693. The monoisotopic (exact) mass is 316 g/mol. The van der Waals surface area contributed by atoms with Crippen LogP contribution in [0.4, 0.5) is 10.5 Å². The van der Waals surface area contributed by atoms with Gasteiger partial charge in [0.05, 0.1) is 12.9 Å². The summed E-state index contributed by atoms with van der Waals surface area (Å²) in [7, 11) is -1.83. The Hall–Kier alpha value is -2.29. The second-order valence-corrected chi connectivity index (χ2v) is 6.49. The highest BCUT2D eigenvalue weighted by Gasteiger charge is 2.12. The number of aromatic carboxylic acids is 1. The average molecular weight is 316 g/mol. The van der Waals surface area contributed by atoms with Crippen LogP contribution in [-0.2, 0) is 9.84 Å². The number of ether oxygens (including phenoxy) is 1. The van der Waals surface area contributed by atoms with E-state index < -0.39 is 21.8 Å². The Morgan fingerprint density at radius 3 is 2.52 bits per heavy atom. The number of carbonyl (C=O) groups excluding carboxylic acids is 1. The molecule has 0 heterocycles. The molecule has 0 bridgehead atoms. The number of nitrogens with one attached hydrogen (secondary N) is 2. The van der Waals surface area contributed by atoms with E-state index in [-0.39, 0.29) is 23.6 Å². The SMILES string of the molecule is COc1cc(NC(=O)NCCS(C)(=O)=O)ccc1C(=O)O. The lowest BCUT2D eigenvalue weighted by Gasteiger charge is -2.10. The third-order valence-corrected chi connectivity index (χ3v) is 3.39. The fraction of sp³-hybridized carbons (Fsp3) is 0.333. The molecule has 1 aromatic rings. The minimum atomic E-state index is -3.15. The zero-order chi connectivity index (χ0) is 16.0. The number of urea groups is 1. The van der Waals surface area contributed by atoms with E-state index in [2.05, 4.69) is 10.6 Å². The van der Waals surface area contributed by atoms with Crippen molar-refractivity contribution in [3.05, 3.63) is 23.8 Å². The standard InChI is InChI=1S/C12H16N2O6S/c1-20-10-7-8(3-4-9(10)11(15)16)14-12(17)13-5-6-21(2,18)19/h3-4,7H,5-6H2,1-2H3,(H,15,16)(H2,13,14,17). The Labute approximate surface area is 122 Å². The Morgan fingerprint density at radius 1 is 1.33 bits per heavy atom. The van der Waals surface area contributed by atoms with Crippen LogP contribution in [-0.4, -0.2) is 51.2 Å². The molecule has 0 aromatic heterocycles.